The summed E-state index contributed by atoms with van der Waals surface area (Å²) in [5.74, 6) is -0.229. The van der Waals surface area contributed by atoms with E-state index in [-0.39, 0.29) is 11.7 Å². The summed E-state index contributed by atoms with van der Waals surface area (Å²) in [6, 6.07) is 8.95. The summed E-state index contributed by atoms with van der Waals surface area (Å²) in [7, 11) is 0. The van der Waals surface area contributed by atoms with E-state index < -0.39 is 0 Å². The second-order valence-corrected chi connectivity index (χ2v) is 4.46. The van der Waals surface area contributed by atoms with E-state index in [1.165, 1.54) is 6.08 Å². The lowest BCUT2D eigenvalue weighted by Crippen LogP contribution is -2.41. The fourth-order valence-corrected chi connectivity index (χ4v) is 1.96. The van der Waals surface area contributed by atoms with Gasteiger partial charge in [-0.3, -0.25) is 9.59 Å². The van der Waals surface area contributed by atoms with E-state index in [9.17, 15) is 9.59 Å². The summed E-state index contributed by atoms with van der Waals surface area (Å²) in [4.78, 5) is 25.8. The maximum absolute atomic E-state index is 12.1. The third kappa shape index (κ3) is 3.51. The molecular weight excluding hydrogens is 242 g/mol. The lowest BCUT2D eigenvalue weighted by atomic mass is 10.1. The Hall–Kier alpha value is -1.94. The van der Waals surface area contributed by atoms with Gasteiger partial charge in [-0.15, -0.1) is 0 Å². The Bertz CT molecular complexity index is 487. The molecule has 0 saturated carbocycles. The molecule has 4 heteroatoms. The first kappa shape index (κ1) is 13.5. The maximum Gasteiger partial charge on any atom is 0.249 e. The van der Waals surface area contributed by atoms with Crippen LogP contribution in [0.25, 0.3) is 0 Å². The SMILES string of the molecule is C/C(=C\C(=O)c1ccccc1)C(=O)N1CCOCC1. The summed E-state index contributed by atoms with van der Waals surface area (Å²) >= 11 is 0. The van der Waals surface area contributed by atoms with Crippen molar-refractivity contribution in [3.63, 3.8) is 0 Å². The van der Waals surface area contributed by atoms with Gasteiger partial charge in [0.2, 0.25) is 5.91 Å². The van der Waals surface area contributed by atoms with Gasteiger partial charge < -0.3 is 9.64 Å². The van der Waals surface area contributed by atoms with Gasteiger partial charge in [-0.1, -0.05) is 30.3 Å². The molecule has 0 unspecified atom stereocenters. The fraction of sp³-hybridized carbons (Fsp3) is 0.333. The standard InChI is InChI=1S/C15H17NO3/c1-12(15(18)16-7-9-19-10-8-16)11-14(17)13-5-3-2-4-6-13/h2-6,11H,7-10H2,1H3/b12-11+. The van der Waals surface area contributed by atoms with Crippen LogP contribution in [-0.2, 0) is 9.53 Å². The molecule has 1 heterocycles. The lowest BCUT2D eigenvalue weighted by Gasteiger charge is -2.27. The Balaban J connectivity index is 2.05. The largest absolute Gasteiger partial charge is 0.378 e. The highest BCUT2D eigenvalue weighted by molar-refractivity contribution is 6.09. The predicted octanol–water partition coefficient (Wildman–Crippen LogP) is 1.67. The van der Waals surface area contributed by atoms with Crippen molar-refractivity contribution in [3.05, 3.63) is 47.5 Å². The molecule has 2 rings (SSSR count). The molecule has 100 valence electrons. The average molecular weight is 259 g/mol. The second kappa shape index (κ2) is 6.29. The molecule has 0 atom stereocenters. The number of ether oxygens (including phenoxy) is 1. The number of benzene rings is 1. The van der Waals surface area contributed by atoms with Crippen LogP contribution in [0.15, 0.2) is 42.0 Å². The summed E-state index contributed by atoms with van der Waals surface area (Å²) in [5, 5.41) is 0. The summed E-state index contributed by atoms with van der Waals surface area (Å²) in [5.41, 5.74) is 1.06. The van der Waals surface area contributed by atoms with Gasteiger partial charge in [0.15, 0.2) is 5.78 Å². The zero-order valence-corrected chi connectivity index (χ0v) is 11.0. The molecule has 0 aromatic heterocycles. The van der Waals surface area contributed by atoms with Crippen LogP contribution in [0.2, 0.25) is 0 Å². The van der Waals surface area contributed by atoms with Crippen LogP contribution in [0, 0.1) is 0 Å². The second-order valence-electron chi connectivity index (χ2n) is 4.46. The van der Waals surface area contributed by atoms with Crippen LogP contribution in [0.1, 0.15) is 17.3 Å². The minimum absolute atomic E-state index is 0.0902. The zero-order valence-electron chi connectivity index (χ0n) is 11.0. The smallest absolute Gasteiger partial charge is 0.249 e. The van der Waals surface area contributed by atoms with Crippen LogP contribution in [0.3, 0.4) is 0 Å². The number of carbonyl (C=O) groups excluding carboxylic acids is 2. The van der Waals surface area contributed by atoms with Gasteiger partial charge in [0.25, 0.3) is 0 Å². The minimum Gasteiger partial charge on any atom is -0.378 e. The Morgan fingerprint density at radius 1 is 1.16 bits per heavy atom. The Kier molecular flexibility index (Phi) is 4.47. The molecule has 1 aromatic carbocycles. The normalized spacial score (nSPS) is 16.3. The Morgan fingerprint density at radius 2 is 1.79 bits per heavy atom. The summed E-state index contributed by atoms with van der Waals surface area (Å²) in [6.07, 6.45) is 1.41. The Morgan fingerprint density at radius 3 is 2.42 bits per heavy atom. The number of amides is 1. The monoisotopic (exact) mass is 259 g/mol. The van der Waals surface area contributed by atoms with Crippen LogP contribution in [-0.4, -0.2) is 42.9 Å². The third-order valence-electron chi connectivity index (χ3n) is 3.04. The third-order valence-corrected chi connectivity index (χ3v) is 3.04. The quantitative estimate of drug-likeness (QED) is 0.613. The molecule has 1 saturated heterocycles. The molecule has 0 radical (unpaired) electrons. The number of morpholine rings is 1. The van der Waals surface area contributed by atoms with Gasteiger partial charge in [-0.2, -0.15) is 0 Å². The molecule has 1 aliphatic heterocycles. The first-order valence-corrected chi connectivity index (χ1v) is 6.33. The van der Waals surface area contributed by atoms with Crippen LogP contribution in [0.4, 0.5) is 0 Å². The molecule has 4 nitrogen and oxygen atoms in total. The van der Waals surface area contributed by atoms with Gasteiger partial charge in [0.1, 0.15) is 0 Å². The number of ketones is 1. The van der Waals surface area contributed by atoms with Crippen molar-refractivity contribution in [1.82, 2.24) is 4.90 Å². The number of carbonyl (C=O) groups is 2. The maximum atomic E-state index is 12.1. The number of hydrogen-bond acceptors (Lipinski definition) is 3. The molecule has 0 N–H and O–H groups in total. The van der Waals surface area contributed by atoms with Gasteiger partial charge in [0.05, 0.1) is 13.2 Å². The molecule has 19 heavy (non-hydrogen) atoms. The number of nitrogens with zero attached hydrogens (tertiary/aromatic N) is 1. The molecule has 0 aliphatic carbocycles. The van der Waals surface area contributed by atoms with E-state index in [0.29, 0.717) is 37.4 Å². The molecule has 1 aromatic rings. The molecule has 1 aliphatic rings. The first-order chi connectivity index (χ1) is 9.18. The van der Waals surface area contributed by atoms with Crippen molar-refractivity contribution in [2.75, 3.05) is 26.3 Å². The number of rotatable bonds is 3. The van der Waals surface area contributed by atoms with Crippen LogP contribution < -0.4 is 0 Å². The zero-order chi connectivity index (χ0) is 13.7. The topological polar surface area (TPSA) is 46.6 Å². The molecule has 0 spiro atoms. The van der Waals surface area contributed by atoms with Crippen molar-refractivity contribution >= 4 is 11.7 Å². The highest BCUT2D eigenvalue weighted by Gasteiger charge is 2.18. The highest BCUT2D eigenvalue weighted by Crippen LogP contribution is 2.08. The van der Waals surface area contributed by atoms with Gasteiger partial charge in [-0.05, 0) is 13.0 Å². The van der Waals surface area contributed by atoms with Crippen molar-refractivity contribution < 1.29 is 14.3 Å². The highest BCUT2D eigenvalue weighted by atomic mass is 16.5. The molecular formula is C15H17NO3. The molecule has 1 amide bonds. The fourth-order valence-electron chi connectivity index (χ4n) is 1.96. The number of allylic oxidation sites excluding steroid dienone is 1. The summed E-state index contributed by atoms with van der Waals surface area (Å²) in [6.45, 7) is 3.98. The van der Waals surface area contributed by atoms with Crippen LogP contribution in [0.5, 0.6) is 0 Å². The molecule has 1 fully saturated rings. The lowest BCUT2D eigenvalue weighted by molar-refractivity contribution is -0.131. The molecule has 0 bridgehead atoms. The number of hydrogen-bond donors (Lipinski definition) is 0. The van der Waals surface area contributed by atoms with Crippen molar-refractivity contribution in [1.29, 1.82) is 0 Å². The van der Waals surface area contributed by atoms with Crippen molar-refractivity contribution in [3.8, 4) is 0 Å². The van der Waals surface area contributed by atoms with E-state index in [2.05, 4.69) is 0 Å². The summed E-state index contributed by atoms with van der Waals surface area (Å²) < 4.78 is 5.20. The van der Waals surface area contributed by atoms with E-state index in [1.807, 2.05) is 6.07 Å². The van der Waals surface area contributed by atoms with E-state index >= 15 is 0 Å². The predicted molar refractivity (Wildman–Crippen MR) is 71.9 cm³/mol. The van der Waals surface area contributed by atoms with Crippen LogP contribution >= 0.6 is 0 Å². The van der Waals surface area contributed by atoms with E-state index in [0.717, 1.165) is 0 Å². The van der Waals surface area contributed by atoms with Gasteiger partial charge in [-0.25, -0.2) is 0 Å². The Labute approximate surface area is 112 Å². The van der Waals surface area contributed by atoms with E-state index in [4.69, 9.17) is 4.74 Å². The minimum atomic E-state index is -0.139. The van der Waals surface area contributed by atoms with Gasteiger partial charge in [0, 0.05) is 24.2 Å². The van der Waals surface area contributed by atoms with Crippen molar-refractivity contribution in [2.45, 2.75) is 6.92 Å². The van der Waals surface area contributed by atoms with Crippen molar-refractivity contribution in [2.24, 2.45) is 0 Å². The van der Waals surface area contributed by atoms with E-state index in [1.54, 1.807) is 36.1 Å². The first-order valence-electron chi connectivity index (χ1n) is 6.33. The van der Waals surface area contributed by atoms with Gasteiger partial charge >= 0.3 is 0 Å². The average Bonchev–Trinajstić information content (AvgIpc) is 2.48.